The van der Waals surface area contributed by atoms with E-state index in [1.807, 2.05) is 0 Å². The van der Waals surface area contributed by atoms with E-state index in [1.165, 1.54) is 92.4 Å². The van der Waals surface area contributed by atoms with Gasteiger partial charge in [-0.3, -0.25) is 19.6 Å². The molecule has 12 rings (SSSR count). The summed E-state index contributed by atoms with van der Waals surface area (Å²) in [7, 11) is -18.6. The van der Waals surface area contributed by atoms with Gasteiger partial charge < -0.3 is 16.7 Å². The van der Waals surface area contributed by atoms with Gasteiger partial charge in [-0.1, -0.05) is 131 Å². The van der Waals surface area contributed by atoms with Crippen molar-refractivity contribution in [2.45, 2.75) is 84.8 Å². The highest BCUT2D eigenvalue weighted by Gasteiger charge is 2.81. The van der Waals surface area contributed by atoms with Crippen LogP contribution in [0.25, 0.3) is 0 Å². The van der Waals surface area contributed by atoms with Crippen LogP contribution in [-0.4, -0.2) is 65.3 Å². The van der Waals surface area contributed by atoms with Crippen molar-refractivity contribution in [2.24, 2.45) is 0 Å². The Morgan fingerprint density at radius 2 is 0.512 bits per heavy atom. The Balaban J connectivity index is 1.11. The molecule has 8 aromatic carbocycles. The van der Waals surface area contributed by atoms with E-state index < -0.39 is 90.0 Å². The number of urea groups is 2. The lowest BCUT2D eigenvalue weighted by molar-refractivity contribution is -0.0794. The molecule has 0 aliphatic carbocycles. The molecule has 4 aliphatic rings. The molecule has 4 amide bonds. The van der Waals surface area contributed by atoms with Gasteiger partial charge in [-0.2, -0.15) is 33.7 Å². The molecule has 0 N–H and O–H groups in total. The summed E-state index contributed by atoms with van der Waals surface area (Å²) in [6.45, 7) is 4.87. The standard InChI is InChI=1S/C60H50N4O14S4/c1-39-15-23-45(24-16-39)79(67,68)75-53-31-32-54(76-80(69,70)46-25-17-40(2)18-26-46)50-36-62-58(66)64-38-52-51(37-63-57(65)61(35-49(50)53)59(62,43-11-7-5-8-12-43)60(63,64)44-13-9-6-10-14-44)55(77-81(71,72)47-27-19-41(3)20-28-47)33-34-56(52)78-82(73,74)48-29-21-42(4)22-30-48/h5-34H,35-38H2,1-4H3. The van der Waals surface area contributed by atoms with Crippen molar-refractivity contribution >= 4 is 52.5 Å². The third kappa shape index (κ3) is 8.61. The molecule has 2 fully saturated rings. The minimum absolute atomic E-state index is 0.0313. The number of rotatable bonds is 14. The summed E-state index contributed by atoms with van der Waals surface area (Å²) in [6, 6.07) is 44.2. The number of nitrogens with zero attached hydrogens (tertiary/aromatic N) is 4. The first-order valence-electron chi connectivity index (χ1n) is 25.7. The Bertz CT molecular complexity index is 3860. The van der Waals surface area contributed by atoms with Crippen LogP contribution in [0.5, 0.6) is 23.0 Å². The van der Waals surface area contributed by atoms with E-state index >= 15 is 9.59 Å². The molecular formula is C60H50N4O14S4. The minimum Gasteiger partial charge on any atom is -0.379 e. The maximum atomic E-state index is 16.6. The lowest BCUT2D eigenvalue weighted by atomic mass is 9.79. The third-order valence-electron chi connectivity index (χ3n) is 15.3. The molecule has 0 aromatic heterocycles. The predicted molar refractivity (Wildman–Crippen MR) is 298 cm³/mol. The molecule has 0 saturated carbocycles. The SMILES string of the molecule is Cc1ccc(S(=O)(=O)Oc2ccc(OS(=O)(=O)c3ccc(C)cc3)c3c2CN2C(=O)N4Cc5c(OS(=O)(=O)c6ccc(C)cc6)ccc(OS(=O)(=O)c6ccc(C)cc6)c5CN5C(=O)N(C3)C2(c2ccccc2)C45c2ccccc2)cc1. The fourth-order valence-electron chi connectivity index (χ4n) is 11.4. The first-order valence-corrected chi connectivity index (χ1v) is 31.3. The summed E-state index contributed by atoms with van der Waals surface area (Å²) in [5.74, 6) is -1.25. The smallest absolute Gasteiger partial charge is 0.339 e. The molecule has 18 nitrogen and oxygen atoms in total. The normalized spacial score (nSPS) is 18.5. The molecule has 22 heteroatoms. The van der Waals surface area contributed by atoms with Gasteiger partial charge >= 0.3 is 52.5 Å². The molecular weight excluding hydrogens is 1130 g/mol. The monoisotopic (exact) mass is 1180 g/mol. The summed E-state index contributed by atoms with van der Waals surface area (Å²) in [5, 5.41) is 0. The lowest BCUT2D eigenvalue weighted by Gasteiger charge is -2.49. The van der Waals surface area contributed by atoms with Gasteiger partial charge in [0, 0.05) is 33.4 Å². The van der Waals surface area contributed by atoms with Crippen molar-refractivity contribution in [3.63, 3.8) is 0 Å². The highest BCUT2D eigenvalue weighted by molar-refractivity contribution is 7.88. The number of benzene rings is 8. The van der Waals surface area contributed by atoms with Gasteiger partial charge in [-0.05, 0) is 100 Å². The van der Waals surface area contributed by atoms with Crippen molar-refractivity contribution in [1.29, 1.82) is 0 Å². The van der Waals surface area contributed by atoms with E-state index in [2.05, 4.69) is 0 Å². The Hall–Kier alpha value is -8.70. The summed E-state index contributed by atoms with van der Waals surface area (Å²) in [4.78, 5) is 37.9. The second-order valence-electron chi connectivity index (χ2n) is 20.4. The third-order valence-corrected chi connectivity index (χ3v) is 20.3. The number of hydrogen-bond donors (Lipinski definition) is 0. The summed E-state index contributed by atoms with van der Waals surface area (Å²) in [6.07, 6.45) is 0. The molecule has 8 aromatic rings. The van der Waals surface area contributed by atoms with Crippen LogP contribution in [0.4, 0.5) is 9.59 Å². The molecule has 0 unspecified atom stereocenters. The van der Waals surface area contributed by atoms with Crippen molar-refractivity contribution in [3.05, 3.63) is 238 Å². The Kier molecular flexibility index (Phi) is 12.8. The van der Waals surface area contributed by atoms with Crippen molar-refractivity contribution in [3.8, 4) is 23.0 Å². The Morgan fingerprint density at radius 1 is 0.305 bits per heavy atom. The van der Waals surface area contributed by atoms with Crippen molar-refractivity contribution in [2.75, 3.05) is 0 Å². The molecule has 2 saturated heterocycles. The average Bonchev–Trinajstić information content (AvgIpc) is 1.52. The van der Waals surface area contributed by atoms with E-state index in [0.717, 1.165) is 22.3 Å². The maximum absolute atomic E-state index is 16.6. The van der Waals surface area contributed by atoms with Crippen LogP contribution in [-0.2, 0) is 78.0 Å². The van der Waals surface area contributed by atoms with Crippen molar-refractivity contribution in [1.82, 2.24) is 19.6 Å². The van der Waals surface area contributed by atoms with Crippen LogP contribution in [0.15, 0.2) is 202 Å². The van der Waals surface area contributed by atoms with E-state index in [9.17, 15) is 33.7 Å². The molecule has 82 heavy (non-hydrogen) atoms. The largest absolute Gasteiger partial charge is 0.379 e. The first-order chi connectivity index (χ1) is 39.0. The fourth-order valence-corrected chi connectivity index (χ4v) is 15.2. The number of carbonyl (C=O) groups is 2. The second-order valence-corrected chi connectivity index (χ2v) is 26.6. The highest BCUT2D eigenvalue weighted by atomic mass is 32.2. The summed E-state index contributed by atoms with van der Waals surface area (Å²) >= 11 is 0. The Morgan fingerprint density at radius 3 is 0.720 bits per heavy atom. The average molecular weight is 1180 g/mol. The highest BCUT2D eigenvalue weighted by Crippen LogP contribution is 2.66. The molecule has 418 valence electrons. The summed E-state index contributed by atoms with van der Waals surface area (Å²) in [5.41, 5.74) is -0.404. The first kappa shape index (κ1) is 53.9. The van der Waals surface area contributed by atoms with Crippen LogP contribution in [0, 0.1) is 27.7 Å². The van der Waals surface area contributed by atoms with E-state index in [0.29, 0.717) is 11.1 Å². The number of fused-ring (bicyclic) bond motifs is 2. The molecule has 0 atom stereocenters. The van der Waals surface area contributed by atoms with Crippen LogP contribution in [0.1, 0.15) is 55.6 Å². The molecule has 0 bridgehead atoms. The van der Waals surface area contributed by atoms with Gasteiger partial charge in [-0.25, -0.2) is 9.59 Å². The van der Waals surface area contributed by atoms with Crippen LogP contribution in [0.2, 0.25) is 0 Å². The number of carbonyl (C=O) groups excluding carboxylic acids is 2. The van der Waals surface area contributed by atoms with Gasteiger partial charge in [0.05, 0.1) is 26.2 Å². The minimum atomic E-state index is -4.66. The topological polar surface area (TPSA) is 221 Å². The lowest BCUT2D eigenvalue weighted by Crippen LogP contribution is -2.62. The molecule has 0 radical (unpaired) electrons. The van der Waals surface area contributed by atoms with Crippen LogP contribution < -0.4 is 16.7 Å². The number of aryl methyl sites for hydroxylation is 4. The van der Waals surface area contributed by atoms with Crippen molar-refractivity contribution < 1.29 is 60.0 Å². The van der Waals surface area contributed by atoms with Gasteiger partial charge in [0.15, 0.2) is 11.3 Å². The number of amides is 4. The van der Waals surface area contributed by atoms with Gasteiger partial charge in [0.2, 0.25) is 0 Å². The van der Waals surface area contributed by atoms with Gasteiger partial charge in [0.25, 0.3) is 0 Å². The molecule has 0 spiro atoms. The quantitative estimate of drug-likeness (QED) is 0.0925. The predicted octanol–water partition coefficient (Wildman–Crippen LogP) is 9.90. The number of hydrogen-bond acceptors (Lipinski definition) is 14. The molecule has 4 aliphatic heterocycles. The van der Waals surface area contributed by atoms with E-state index in [1.54, 1.807) is 137 Å². The van der Waals surface area contributed by atoms with E-state index in [4.69, 9.17) is 16.7 Å². The van der Waals surface area contributed by atoms with Crippen LogP contribution in [0.3, 0.4) is 0 Å². The Labute approximate surface area is 474 Å². The second kappa shape index (κ2) is 19.5. The fraction of sp³-hybridized carbons (Fsp3) is 0.167. The van der Waals surface area contributed by atoms with Crippen LogP contribution >= 0.6 is 0 Å². The zero-order valence-electron chi connectivity index (χ0n) is 44.3. The van der Waals surface area contributed by atoms with Gasteiger partial charge in [0.1, 0.15) is 42.6 Å². The zero-order valence-corrected chi connectivity index (χ0v) is 47.6. The molecule has 4 heterocycles. The summed E-state index contributed by atoms with van der Waals surface area (Å²) < 4.78 is 139. The maximum Gasteiger partial charge on any atom is 0.339 e. The zero-order chi connectivity index (χ0) is 57.7. The van der Waals surface area contributed by atoms with E-state index in [-0.39, 0.29) is 64.8 Å². The van der Waals surface area contributed by atoms with Gasteiger partial charge in [-0.15, -0.1) is 0 Å².